The van der Waals surface area contributed by atoms with Gasteiger partial charge in [0.2, 0.25) is 0 Å². The molecule has 1 saturated heterocycles. The quantitative estimate of drug-likeness (QED) is 0.231. The number of hydrogen-bond donors (Lipinski definition) is 1. The summed E-state index contributed by atoms with van der Waals surface area (Å²) in [6, 6.07) is -1.25. The predicted octanol–water partition coefficient (Wildman–Crippen LogP) is 1.20. The number of alkyl halides is 3. The summed E-state index contributed by atoms with van der Waals surface area (Å²) >= 11 is 16.8. The van der Waals surface area contributed by atoms with Gasteiger partial charge in [0.25, 0.3) is 9.70 Å². The van der Waals surface area contributed by atoms with Crippen molar-refractivity contribution in [2.75, 3.05) is 13.2 Å². The molecule has 0 bridgehead atoms. The van der Waals surface area contributed by atoms with E-state index in [1.165, 1.54) is 13.0 Å². The zero-order valence-corrected chi connectivity index (χ0v) is 18.7. The van der Waals surface area contributed by atoms with Crippen LogP contribution in [0.15, 0.2) is 12.7 Å². The van der Waals surface area contributed by atoms with Gasteiger partial charge in [-0.05, 0) is 0 Å². The maximum atomic E-state index is 12.3. The Bertz CT molecular complexity index is 667. The minimum atomic E-state index is -2.35. The van der Waals surface area contributed by atoms with Crippen molar-refractivity contribution in [3.8, 4) is 0 Å². The van der Waals surface area contributed by atoms with Crippen molar-refractivity contribution in [1.82, 2.24) is 5.32 Å². The zero-order chi connectivity index (χ0) is 23.1. The maximum Gasteiger partial charge on any atom is 0.303 e. The summed E-state index contributed by atoms with van der Waals surface area (Å²) < 4.78 is 24.4. The number of rotatable bonds is 8. The van der Waals surface area contributed by atoms with Crippen molar-refractivity contribution >= 4 is 58.6 Å². The normalized spacial score (nSPS) is 26.3. The molecule has 0 aromatic rings. The van der Waals surface area contributed by atoms with Gasteiger partial charge in [-0.1, -0.05) is 40.9 Å². The summed E-state index contributed by atoms with van der Waals surface area (Å²) in [7, 11) is 0. The Hall–Kier alpha value is -1.59. The summed E-state index contributed by atoms with van der Waals surface area (Å²) in [6.07, 6.45) is -3.58. The third-order valence-electron chi connectivity index (χ3n) is 3.63. The largest absolute Gasteiger partial charge is 0.463 e. The number of halogens is 3. The minimum absolute atomic E-state index is 0.0316. The van der Waals surface area contributed by atoms with Crippen LogP contribution < -0.4 is 5.32 Å². The van der Waals surface area contributed by atoms with E-state index in [1.807, 2.05) is 0 Å². The topological polar surface area (TPSA) is 126 Å². The van der Waals surface area contributed by atoms with E-state index in [0.717, 1.165) is 13.8 Å². The van der Waals surface area contributed by atoms with Gasteiger partial charge >= 0.3 is 17.9 Å². The number of carbonyl (C=O) groups is 4. The minimum Gasteiger partial charge on any atom is -0.463 e. The Balaban J connectivity index is 3.35. The first-order chi connectivity index (χ1) is 13.9. The zero-order valence-electron chi connectivity index (χ0n) is 16.4. The van der Waals surface area contributed by atoms with Crippen LogP contribution in [0, 0.1) is 0 Å². The molecule has 170 valence electrons. The number of nitrogens with one attached hydrogen (secondary N) is 1. The molecule has 0 unspecified atom stereocenters. The van der Waals surface area contributed by atoms with Crippen molar-refractivity contribution < 1.29 is 42.9 Å². The Morgan fingerprint density at radius 3 is 2.07 bits per heavy atom. The lowest BCUT2D eigenvalue weighted by molar-refractivity contribution is -0.275. The molecule has 0 spiro atoms. The van der Waals surface area contributed by atoms with Gasteiger partial charge < -0.3 is 29.0 Å². The SMILES string of the molecule is C=CCO[C@@H]1O[C@H](COC(C)=O)[C@H](OC(C)=O)[C@H](OC(C)=O)[C@H]1NC(=O)C(Cl)(Cl)Cl. The third kappa shape index (κ3) is 8.27. The second-order valence-corrected chi connectivity index (χ2v) is 8.39. The lowest BCUT2D eigenvalue weighted by Crippen LogP contribution is -2.67. The lowest BCUT2D eigenvalue weighted by Gasteiger charge is -2.45. The van der Waals surface area contributed by atoms with E-state index in [-0.39, 0.29) is 13.2 Å². The first-order valence-electron chi connectivity index (χ1n) is 8.60. The highest BCUT2D eigenvalue weighted by molar-refractivity contribution is 6.76. The summed E-state index contributed by atoms with van der Waals surface area (Å²) in [4.78, 5) is 46.9. The van der Waals surface area contributed by atoms with Crippen LogP contribution in [-0.4, -0.2) is 71.5 Å². The van der Waals surface area contributed by atoms with E-state index in [2.05, 4.69) is 11.9 Å². The summed E-state index contributed by atoms with van der Waals surface area (Å²) in [5.74, 6) is -3.20. The van der Waals surface area contributed by atoms with Gasteiger partial charge in [-0.25, -0.2) is 0 Å². The van der Waals surface area contributed by atoms with Gasteiger partial charge in [-0.3, -0.25) is 19.2 Å². The smallest absolute Gasteiger partial charge is 0.303 e. The molecule has 0 saturated carbocycles. The standard InChI is InChI=1S/C17H22Cl3NO9/c1-5-6-26-15-12(21-16(25)17(18,19)20)14(29-10(4)24)13(28-9(3)23)11(30-15)7-27-8(2)22/h5,11-15H,1,6-7H2,2-4H3,(H,21,25)/t11-,12-,13+,14-,15-/m1/s1. The lowest BCUT2D eigenvalue weighted by atomic mass is 9.96. The van der Waals surface area contributed by atoms with Crippen molar-refractivity contribution in [3.05, 3.63) is 12.7 Å². The van der Waals surface area contributed by atoms with E-state index < -0.39 is 58.3 Å². The van der Waals surface area contributed by atoms with Crippen LogP contribution in [0.5, 0.6) is 0 Å². The number of hydrogen-bond acceptors (Lipinski definition) is 9. The number of amides is 1. The van der Waals surface area contributed by atoms with Gasteiger partial charge in [0.05, 0.1) is 6.61 Å². The summed E-state index contributed by atoms with van der Waals surface area (Å²) in [6.45, 7) is 6.52. The van der Waals surface area contributed by atoms with E-state index >= 15 is 0 Å². The highest BCUT2D eigenvalue weighted by Crippen LogP contribution is 2.31. The monoisotopic (exact) mass is 489 g/mol. The second kappa shape index (κ2) is 11.7. The first-order valence-corrected chi connectivity index (χ1v) is 9.73. The van der Waals surface area contributed by atoms with E-state index in [4.69, 9.17) is 58.5 Å². The predicted molar refractivity (Wildman–Crippen MR) is 105 cm³/mol. The fraction of sp³-hybridized carbons (Fsp3) is 0.647. The van der Waals surface area contributed by atoms with Crippen LogP contribution in [0.25, 0.3) is 0 Å². The highest BCUT2D eigenvalue weighted by atomic mass is 35.6. The second-order valence-electron chi connectivity index (χ2n) is 6.11. The van der Waals surface area contributed by atoms with Gasteiger partial charge in [0.15, 0.2) is 18.5 Å². The molecule has 0 aromatic carbocycles. The van der Waals surface area contributed by atoms with Crippen LogP contribution in [0.3, 0.4) is 0 Å². The Kier molecular flexibility index (Phi) is 10.3. The molecule has 0 aliphatic carbocycles. The molecular weight excluding hydrogens is 469 g/mol. The number of ether oxygens (including phenoxy) is 5. The van der Waals surface area contributed by atoms with Crippen LogP contribution in [0.2, 0.25) is 0 Å². The first kappa shape index (κ1) is 26.4. The molecule has 1 rings (SSSR count). The van der Waals surface area contributed by atoms with E-state index in [9.17, 15) is 19.2 Å². The Morgan fingerprint density at radius 1 is 1.03 bits per heavy atom. The summed E-state index contributed by atoms with van der Waals surface area (Å²) in [5.41, 5.74) is 0. The van der Waals surface area contributed by atoms with Gasteiger partial charge in [0, 0.05) is 20.8 Å². The molecule has 1 amide bonds. The molecule has 1 N–H and O–H groups in total. The molecule has 30 heavy (non-hydrogen) atoms. The molecule has 1 aliphatic heterocycles. The molecule has 0 aromatic heterocycles. The van der Waals surface area contributed by atoms with Crippen LogP contribution in [0.4, 0.5) is 0 Å². The van der Waals surface area contributed by atoms with Crippen molar-refractivity contribution in [1.29, 1.82) is 0 Å². The van der Waals surface area contributed by atoms with E-state index in [0.29, 0.717) is 0 Å². The average molecular weight is 491 g/mol. The highest BCUT2D eigenvalue weighted by Gasteiger charge is 2.52. The average Bonchev–Trinajstić information content (AvgIpc) is 2.60. The molecule has 10 nitrogen and oxygen atoms in total. The summed E-state index contributed by atoms with van der Waals surface area (Å²) in [5, 5.41) is 2.37. The molecule has 1 heterocycles. The number of carbonyl (C=O) groups excluding carboxylic acids is 4. The Morgan fingerprint density at radius 2 is 1.60 bits per heavy atom. The molecule has 1 fully saturated rings. The van der Waals surface area contributed by atoms with Crippen LogP contribution in [0.1, 0.15) is 20.8 Å². The Labute approximate surface area is 188 Å². The van der Waals surface area contributed by atoms with Crippen molar-refractivity contribution in [2.24, 2.45) is 0 Å². The third-order valence-corrected chi connectivity index (χ3v) is 4.15. The van der Waals surface area contributed by atoms with Crippen LogP contribution in [-0.2, 0) is 42.9 Å². The molecule has 0 radical (unpaired) electrons. The number of esters is 3. The molecular formula is C17H22Cl3NO9. The van der Waals surface area contributed by atoms with Crippen molar-refractivity contribution in [3.63, 3.8) is 0 Å². The van der Waals surface area contributed by atoms with Gasteiger partial charge in [-0.2, -0.15) is 0 Å². The van der Waals surface area contributed by atoms with Gasteiger partial charge in [-0.15, -0.1) is 6.58 Å². The molecule has 13 heteroatoms. The van der Waals surface area contributed by atoms with Crippen LogP contribution >= 0.6 is 34.8 Å². The fourth-order valence-electron chi connectivity index (χ4n) is 2.59. The van der Waals surface area contributed by atoms with E-state index in [1.54, 1.807) is 0 Å². The maximum absolute atomic E-state index is 12.3. The molecule has 5 atom stereocenters. The molecule has 1 aliphatic rings. The van der Waals surface area contributed by atoms with Crippen molar-refractivity contribution in [2.45, 2.75) is 55.2 Å². The fourth-order valence-corrected chi connectivity index (χ4v) is 2.76. The van der Waals surface area contributed by atoms with Gasteiger partial charge in [0.1, 0.15) is 18.8 Å².